The molecule has 0 saturated heterocycles. The number of hydrogen-bond acceptors (Lipinski definition) is 1. The molecule has 1 aliphatic carbocycles. The Hall–Kier alpha value is -4.58. The van der Waals surface area contributed by atoms with Gasteiger partial charge in [0.2, 0.25) is 0 Å². The van der Waals surface area contributed by atoms with Crippen molar-refractivity contribution in [1.82, 2.24) is 0 Å². The van der Waals surface area contributed by atoms with E-state index in [9.17, 15) is 5.11 Å². The van der Waals surface area contributed by atoms with E-state index >= 15 is 0 Å². The van der Waals surface area contributed by atoms with Crippen LogP contribution in [0.25, 0.3) is 28.0 Å². The highest BCUT2D eigenvalue weighted by Crippen LogP contribution is 2.57. The Morgan fingerprint density at radius 3 is 2.15 bits per heavy atom. The van der Waals surface area contributed by atoms with Crippen LogP contribution in [0.15, 0.2) is 97.1 Å². The maximum absolute atomic E-state index is 9.67. The molecule has 0 amide bonds. The SMILES string of the molecule is C#CC1([OH2+])c2cc(C)ccc2-c2c1c1c(c3cc(C)ccc23)OC(c2ccccc2)(c2ccc(C)cc2)C=C1. The van der Waals surface area contributed by atoms with Gasteiger partial charge in [-0.15, -0.1) is 6.42 Å². The lowest BCUT2D eigenvalue weighted by atomic mass is 9.80. The molecule has 2 unspecified atom stereocenters. The molecule has 1 heterocycles. The molecule has 0 bridgehead atoms. The molecule has 0 radical (unpaired) electrons. The molecule has 2 nitrogen and oxygen atoms in total. The minimum Gasteiger partial charge on any atom is -0.472 e. The average molecular weight is 506 g/mol. The van der Waals surface area contributed by atoms with Crippen LogP contribution >= 0.6 is 0 Å². The highest BCUT2D eigenvalue weighted by molar-refractivity contribution is 6.09. The van der Waals surface area contributed by atoms with Crippen LogP contribution in [0.4, 0.5) is 0 Å². The highest BCUT2D eigenvalue weighted by atomic mass is 16.5. The lowest BCUT2D eigenvalue weighted by Crippen LogP contribution is -2.35. The van der Waals surface area contributed by atoms with Crippen LogP contribution in [-0.4, -0.2) is 5.11 Å². The molecule has 5 aromatic rings. The molecule has 0 aromatic heterocycles. The van der Waals surface area contributed by atoms with E-state index in [0.29, 0.717) is 0 Å². The molecule has 0 fully saturated rings. The van der Waals surface area contributed by atoms with Gasteiger partial charge < -0.3 is 9.84 Å². The minimum absolute atomic E-state index is 0.774. The van der Waals surface area contributed by atoms with E-state index in [2.05, 4.69) is 124 Å². The second kappa shape index (κ2) is 8.21. The van der Waals surface area contributed by atoms with Crippen molar-refractivity contribution >= 4 is 16.8 Å². The van der Waals surface area contributed by atoms with Gasteiger partial charge in [0.1, 0.15) is 5.75 Å². The van der Waals surface area contributed by atoms with E-state index in [0.717, 1.165) is 66.6 Å². The summed E-state index contributed by atoms with van der Waals surface area (Å²) in [7, 11) is 0. The summed E-state index contributed by atoms with van der Waals surface area (Å²) in [5, 5.41) is 11.8. The first-order valence-corrected chi connectivity index (χ1v) is 13.3. The Morgan fingerprint density at radius 1 is 0.744 bits per heavy atom. The number of hydrogen-bond donors (Lipinski definition) is 0. The summed E-state index contributed by atoms with van der Waals surface area (Å²) >= 11 is 0. The van der Waals surface area contributed by atoms with E-state index < -0.39 is 11.2 Å². The summed E-state index contributed by atoms with van der Waals surface area (Å²) in [6, 6.07) is 31.7. The topological polar surface area (TPSA) is 32.1 Å². The predicted octanol–water partition coefficient (Wildman–Crippen LogP) is 7.70. The fourth-order valence-electron chi connectivity index (χ4n) is 6.36. The van der Waals surface area contributed by atoms with Crippen LogP contribution in [0.2, 0.25) is 0 Å². The maximum atomic E-state index is 9.67. The summed E-state index contributed by atoms with van der Waals surface area (Å²) in [5.74, 6) is 3.65. The monoisotopic (exact) mass is 505 g/mol. The van der Waals surface area contributed by atoms with Gasteiger partial charge in [0.05, 0.1) is 11.1 Å². The van der Waals surface area contributed by atoms with Crippen molar-refractivity contribution < 1.29 is 9.84 Å². The van der Waals surface area contributed by atoms with E-state index in [1.165, 1.54) is 5.56 Å². The standard InChI is InChI=1S/C37H28O2/c1-5-36(38)32-22-25(4)14-18-29(32)33-28-17-13-24(3)21-31(28)35-30(34(33)36)19-20-37(39-35,26-9-7-6-8-10-26)27-15-11-23(2)12-16-27/h1,6-22,38H,2-4H3/p+1. The Balaban J connectivity index is 1.60. The van der Waals surface area contributed by atoms with Crippen molar-refractivity contribution in [2.24, 2.45) is 0 Å². The van der Waals surface area contributed by atoms with Crippen LogP contribution in [-0.2, 0) is 11.2 Å². The zero-order valence-corrected chi connectivity index (χ0v) is 22.3. The van der Waals surface area contributed by atoms with E-state index in [-0.39, 0.29) is 0 Å². The van der Waals surface area contributed by atoms with E-state index in [4.69, 9.17) is 11.2 Å². The fourth-order valence-corrected chi connectivity index (χ4v) is 6.36. The van der Waals surface area contributed by atoms with Crippen molar-refractivity contribution in [2.75, 3.05) is 0 Å². The largest absolute Gasteiger partial charge is 0.472 e. The van der Waals surface area contributed by atoms with Gasteiger partial charge >= 0.3 is 0 Å². The van der Waals surface area contributed by atoms with Crippen LogP contribution in [0.3, 0.4) is 0 Å². The summed E-state index contributed by atoms with van der Waals surface area (Å²) in [4.78, 5) is 0. The molecule has 0 saturated carbocycles. The molecule has 2 N–H and O–H groups in total. The summed E-state index contributed by atoms with van der Waals surface area (Å²) in [6.45, 7) is 6.25. The van der Waals surface area contributed by atoms with Gasteiger partial charge in [-0.3, -0.25) is 0 Å². The second-order valence-corrected chi connectivity index (χ2v) is 10.9. The van der Waals surface area contributed by atoms with E-state index in [1.807, 2.05) is 6.07 Å². The summed E-state index contributed by atoms with van der Waals surface area (Å²) < 4.78 is 7.25. The molecule has 2 aliphatic rings. The Labute approximate surface area is 229 Å². The predicted molar refractivity (Wildman–Crippen MR) is 160 cm³/mol. The Bertz CT molecular complexity index is 1870. The lowest BCUT2D eigenvalue weighted by molar-refractivity contribution is 0.144. The smallest absolute Gasteiger partial charge is 0.280 e. The summed E-state index contributed by atoms with van der Waals surface area (Å²) in [5.41, 5.74) is 8.07. The highest BCUT2D eigenvalue weighted by Gasteiger charge is 2.50. The third-order valence-corrected chi connectivity index (χ3v) is 8.32. The molecule has 0 spiro atoms. The van der Waals surface area contributed by atoms with Gasteiger partial charge in [0, 0.05) is 27.6 Å². The molecular weight excluding hydrogens is 476 g/mol. The Kier molecular flexibility index (Phi) is 4.95. The number of aryl methyl sites for hydroxylation is 3. The second-order valence-electron chi connectivity index (χ2n) is 10.9. The number of benzene rings is 5. The fraction of sp³-hybridized carbons (Fsp3) is 0.135. The van der Waals surface area contributed by atoms with Crippen molar-refractivity contribution in [3.8, 4) is 29.2 Å². The number of rotatable bonds is 2. The first-order valence-electron chi connectivity index (χ1n) is 13.3. The third-order valence-electron chi connectivity index (χ3n) is 8.32. The molecule has 5 aromatic carbocycles. The molecule has 1 aliphatic heterocycles. The van der Waals surface area contributed by atoms with E-state index in [1.54, 1.807) is 0 Å². The minimum atomic E-state index is -1.32. The Morgan fingerprint density at radius 2 is 1.41 bits per heavy atom. The average Bonchev–Trinajstić information content (AvgIpc) is 3.22. The van der Waals surface area contributed by atoms with Gasteiger partial charge in [0.15, 0.2) is 5.60 Å². The first kappa shape index (κ1) is 23.5. The van der Waals surface area contributed by atoms with Crippen LogP contribution in [0.5, 0.6) is 5.75 Å². The van der Waals surface area contributed by atoms with Crippen LogP contribution in [0.1, 0.15) is 44.5 Å². The first-order chi connectivity index (χ1) is 18.9. The molecule has 2 heteroatoms. The maximum Gasteiger partial charge on any atom is 0.280 e. The van der Waals surface area contributed by atoms with Crippen molar-refractivity contribution in [3.63, 3.8) is 0 Å². The quantitative estimate of drug-likeness (QED) is 0.179. The van der Waals surface area contributed by atoms with Crippen LogP contribution < -0.4 is 4.74 Å². The third kappa shape index (κ3) is 3.21. The number of fused-ring (bicyclic) bond motifs is 8. The number of terminal acetylenes is 1. The normalized spacial score (nSPS) is 20.6. The zero-order valence-electron chi connectivity index (χ0n) is 22.3. The van der Waals surface area contributed by atoms with Gasteiger partial charge in [-0.2, -0.15) is 0 Å². The zero-order chi connectivity index (χ0) is 26.9. The van der Waals surface area contributed by atoms with Gasteiger partial charge in [-0.1, -0.05) is 95.6 Å². The molecule has 39 heavy (non-hydrogen) atoms. The van der Waals surface area contributed by atoms with Crippen molar-refractivity contribution in [1.29, 1.82) is 0 Å². The molecule has 188 valence electrons. The van der Waals surface area contributed by atoms with Gasteiger partial charge in [0.25, 0.3) is 5.60 Å². The molecular formula is C37H29O2+. The number of ether oxygens (including phenoxy) is 1. The lowest BCUT2D eigenvalue weighted by Gasteiger charge is -2.37. The van der Waals surface area contributed by atoms with Gasteiger partial charge in [-0.25, -0.2) is 0 Å². The van der Waals surface area contributed by atoms with Crippen molar-refractivity contribution in [3.05, 3.63) is 142 Å². The molecule has 2 atom stereocenters. The molecule has 7 rings (SSSR count). The van der Waals surface area contributed by atoms with Crippen LogP contribution in [0, 0.1) is 33.1 Å². The summed E-state index contributed by atoms with van der Waals surface area (Å²) in [6.07, 6.45) is 10.5. The van der Waals surface area contributed by atoms with Crippen molar-refractivity contribution in [2.45, 2.75) is 32.0 Å². The van der Waals surface area contributed by atoms with Gasteiger partial charge in [-0.05, 0) is 61.9 Å².